The average molecular weight is 304 g/mol. The van der Waals surface area contributed by atoms with Gasteiger partial charge in [-0.2, -0.15) is 4.31 Å². The van der Waals surface area contributed by atoms with Gasteiger partial charge in [0.05, 0.1) is 4.90 Å². The van der Waals surface area contributed by atoms with Crippen molar-refractivity contribution in [3.63, 3.8) is 0 Å². The minimum atomic E-state index is -3.47. The molecule has 1 unspecified atom stereocenters. The van der Waals surface area contributed by atoms with Crippen LogP contribution in [0.1, 0.15) is 31.9 Å². The predicted molar refractivity (Wildman–Crippen MR) is 80.0 cm³/mol. The normalized spacial score (nSPS) is 14.1. The van der Waals surface area contributed by atoms with E-state index in [1.54, 1.807) is 26.1 Å². The number of halogens is 1. The summed E-state index contributed by atoms with van der Waals surface area (Å²) in [4.78, 5) is 0.348. The zero-order chi connectivity index (χ0) is 14.8. The second-order valence-electron chi connectivity index (χ2n) is 5.24. The fourth-order valence-corrected chi connectivity index (χ4v) is 3.73. The Hall–Kier alpha value is -0.580. The number of hydrogen-bond acceptors (Lipinski definition) is 2. The van der Waals surface area contributed by atoms with E-state index in [-0.39, 0.29) is 12.0 Å². The van der Waals surface area contributed by atoms with Crippen molar-refractivity contribution in [3.8, 4) is 0 Å². The highest BCUT2D eigenvalue weighted by atomic mass is 35.5. The molecular formula is C14H22ClNO2S. The predicted octanol–water partition coefficient (Wildman–Crippen LogP) is 3.40. The number of alkyl halides is 1. The highest BCUT2D eigenvalue weighted by Crippen LogP contribution is 2.24. The number of rotatable bonds is 5. The van der Waals surface area contributed by atoms with Crippen LogP contribution in [0.15, 0.2) is 23.1 Å². The molecule has 5 heteroatoms. The van der Waals surface area contributed by atoms with Crippen LogP contribution in [0.2, 0.25) is 0 Å². The molecule has 0 aliphatic carbocycles. The zero-order valence-corrected chi connectivity index (χ0v) is 13.7. The quantitative estimate of drug-likeness (QED) is 0.782. The SMILES string of the molecule is Cc1ccc(CCl)cc1S(=O)(=O)N(C)C(C)C(C)C. The van der Waals surface area contributed by atoms with Crippen molar-refractivity contribution in [3.05, 3.63) is 29.3 Å². The van der Waals surface area contributed by atoms with Crippen molar-refractivity contribution < 1.29 is 8.42 Å². The van der Waals surface area contributed by atoms with Crippen molar-refractivity contribution in [1.82, 2.24) is 4.31 Å². The molecule has 0 spiro atoms. The van der Waals surface area contributed by atoms with E-state index < -0.39 is 10.0 Å². The van der Waals surface area contributed by atoms with Gasteiger partial charge >= 0.3 is 0 Å². The van der Waals surface area contributed by atoms with Gasteiger partial charge in [-0.1, -0.05) is 26.0 Å². The maximum atomic E-state index is 12.6. The Kier molecular flexibility index (Phi) is 5.42. The molecule has 1 rings (SSSR count). The molecule has 1 aromatic carbocycles. The lowest BCUT2D eigenvalue weighted by atomic mass is 10.1. The fraction of sp³-hybridized carbons (Fsp3) is 0.571. The minimum Gasteiger partial charge on any atom is -0.207 e. The third kappa shape index (κ3) is 3.50. The number of sulfonamides is 1. The summed E-state index contributed by atoms with van der Waals surface area (Å²) in [5, 5.41) is 0. The first-order valence-electron chi connectivity index (χ1n) is 6.35. The molecule has 3 nitrogen and oxygen atoms in total. The van der Waals surface area contributed by atoms with Crippen LogP contribution >= 0.6 is 11.6 Å². The molecule has 19 heavy (non-hydrogen) atoms. The molecule has 1 atom stereocenters. The van der Waals surface area contributed by atoms with E-state index in [1.807, 2.05) is 26.8 Å². The Morgan fingerprint density at radius 3 is 2.32 bits per heavy atom. The molecule has 0 amide bonds. The molecule has 108 valence electrons. The zero-order valence-electron chi connectivity index (χ0n) is 12.1. The molecular weight excluding hydrogens is 282 g/mol. The summed E-state index contributed by atoms with van der Waals surface area (Å²) in [7, 11) is -1.84. The number of hydrogen-bond donors (Lipinski definition) is 0. The maximum absolute atomic E-state index is 12.6. The lowest BCUT2D eigenvalue weighted by Gasteiger charge is -2.28. The summed E-state index contributed by atoms with van der Waals surface area (Å²) in [6, 6.07) is 5.27. The molecule has 0 N–H and O–H groups in total. The summed E-state index contributed by atoms with van der Waals surface area (Å²) in [6.45, 7) is 7.75. The monoisotopic (exact) mass is 303 g/mol. The summed E-state index contributed by atoms with van der Waals surface area (Å²) < 4.78 is 26.7. The van der Waals surface area contributed by atoms with E-state index in [0.29, 0.717) is 10.8 Å². The van der Waals surface area contributed by atoms with Crippen LogP contribution in [-0.4, -0.2) is 25.8 Å². The van der Waals surface area contributed by atoms with Crippen LogP contribution in [-0.2, 0) is 15.9 Å². The van der Waals surface area contributed by atoms with E-state index in [9.17, 15) is 8.42 Å². The van der Waals surface area contributed by atoms with Crippen molar-refractivity contribution in [2.45, 2.75) is 44.5 Å². The van der Waals surface area contributed by atoms with Crippen molar-refractivity contribution in [2.24, 2.45) is 5.92 Å². The van der Waals surface area contributed by atoms with E-state index >= 15 is 0 Å². The molecule has 0 aliphatic rings. The third-order valence-corrected chi connectivity index (χ3v) is 6.00. The van der Waals surface area contributed by atoms with Gasteiger partial charge in [0.2, 0.25) is 10.0 Å². The molecule has 0 saturated heterocycles. The first kappa shape index (κ1) is 16.5. The smallest absolute Gasteiger partial charge is 0.207 e. The fourth-order valence-electron chi connectivity index (χ4n) is 1.80. The van der Waals surface area contributed by atoms with Crippen molar-refractivity contribution in [2.75, 3.05) is 7.05 Å². The first-order chi connectivity index (χ1) is 8.71. The summed E-state index contributed by atoms with van der Waals surface area (Å²) in [5.41, 5.74) is 1.56. The van der Waals surface area contributed by atoms with E-state index in [1.165, 1.54) is 4.31 Å². The van der Waals surface area contributed by atoms with Crippen LogP contribution < -0.4 is 0 Å². The Labute approximate surface area is 121 Å². The van der Waals surface area contributed by atoms with Crippen LogP contribution in [0.25, 0.3) is 0 Å². The van der Waals surface area contributed by atoms with Gasteiger partial charge in [0.1, 0.15) is 0 Å². The third-order valence-electron chi connectivity index (χ3n) is 3.60. The van der Waals surface area contributed by atoms with Crippen LogP contribution in [0.3, 0.4) is 0 Å². The topological polar surface area (TPSA) is 37.4 Å². The van der Waals surface area contributed by atoms with Gasteiger partial charge in [-0.05, 0) is 37.0 Å². The van der Waals surface area contributed by atoms with Gasteiger partial charge in [0.15, 0.2) is 0 Å². The van der Waals surface area contributed by atoms with Gasteiger partial charge < -0.3 is 0 Å². The maximum Gasteiger partial charge on any atom is 0.243 e. The minimum absolute atomic E-state index is 0.0518. The molecule has 0 bridgehead atoms. The standard InChI is InChI=1S/C14H22ClNO2S/c1-10(2)12(4)16(5)19(17,18)14-8-13(9-15)7-6-11(14)3/h6-8,10,12H,9H2,1-5H3. The lowest BCUT2D eigenvalue weighted by Crippen LogP contribution is -2.38. The summed E-state index contributed by atoms with van der Waals surface area (Å²) in [5.74, 6) is 0.572. The second kappa shape index (κ2) is 6.25. The first-order valence-corrected chi connectivity index (χ1v) is 8.32. The largest absolute Gasteiger partial charge is 0.243 e. The number of nitrogens with zero attached hydrogens (tertiary/aromatic N) is 1. The Morgan fingerprint density at radius 2 is 1.84 bits per heavy atom. The van der Waals surface area contributed by atoms with Gasteiger partial charge in [-0.25, -0.2) is 8.42 Å². The highest BCUT2D eigenvalue weighted by molar-refractivity contribution is 7.89. The van der Waals surface area contributed by atoms with Gasteiger partial charge in [0, 0.05) is 19.0 Å². The van der Waals surface area contributed by atoms with Gasteiger partial charge in [0.25, 0.3) is 0 Å². The van der Waals surface area contributed by atoms with Crippen molar-refractivity contribution >= 4 is 21.6 Å². The molecule has 0 aromatic heterocycles. The Balaban J connectivity index is 3.27. The van der Waals surface area contributed by atoms with Gasteiger partial charge in [-0.3, -0.25) is 0 Å². The average Bonchev–Trinajstić information content (AvgIpc) is 2.37. The number of benzene rings is 1. The van der Waals surface area contributed by atoms with Crippen LogP contribution in [0.4, 0.5) is 0 Å². The van der Waals surface area contributed by atoms with Gasteiger partial charge in [-0.15, -0.1) is 11.6 Å². The van der Waals surface area contributed by atoms with E-state index in [0.717, 1.165) is 11.1 Å². The molecule has 0 radical (unpaired) electrons. The van der Waals surface area contributed by atoms with Crippen LogP contribution in [0.5, 0.6) is 0 Å². The lowest BCUT2D eigenvalue weighted by molar-refractivity contribution is 0.315. The molecule has 0 heterocycles. The molecule has 1 aromatic rings. The van der Waals surface area contributed by atoms with E-state index in [4.69, 9.17) is 11.6 Å². The van der Waals surface area contributed by atoms with E-state index in [2.05, 4.69) is 0 Å². The molecule has 0 saturated carbocycles. The second-order valence-corrected chi connectivity index (χ2v) is 7.47. The highest BCUT2D eigenvalue weighted by Gasteiger charge is 2.28. The number of aryl methyl sites for hydroxylation is 1. The Bertz CT molecular complexity index is 540. The van der Waals surface area contributed by atoms with Crippen LogP contribution in [0, 0.1) is 12.8 Å². The Morgan fingerprint density at radius 1 is 1.26 bits per heavy atom. The molecule has 0 fully saturated rings. The molecule has 0 aliphatic heterocycles. The summed E-state index contributed by atoms with van der Waals surface area (Å²) >= 11 is 5.79. The summed E-state index contributed by atoms with van der Waals surface area (Å²) in [6.07, 6.45) is 0. The van der Waals surface area contributed by atoms with Crippen molar-refractivity contribution in [1.29, 1.82) is 0 Å².